The second-order valence-corrected chi connectivity index (χ2v) is 7.10. The van der Waals surface area contributed by atoms with E-state index in [0.717, 1.165) is 22.3 Å². The summed E-state index contributed by atoms with van der Waals surface area (Å²) in [5, 5.41) is 0. The van der Waals surface area contributed by atoms with E-state index in [9.17, 15) is 8.42 Å². The number of benzene rings is 2. The first-order chi connectivity index (χ1) is 9.97. The standard InChI is InChI=1S/C17H17NO2S/c1-12-7-9-15(10-8-12)21(19,20)18-17-13(2)11-14-5-3-4-6-16(14)17/h3-11,17-18H,1-2H3/t17-/m0/s1. The van der Waals surface area contributed by atoms with Crippen molar-refractivity contribution in [2.24, 2.45) is 0 Å². The number of rotatable bonds is 3. The van der Waals surface area contributed by atoms with E-state index in [-0.39, 0.29) is 6.04 Å². The van der Waals surface area contributed by atoms with Crippen molar-refractivity contribution in [3.8, 4) is 0 Å². The highest BCUT2D eigenvalue weighted by Crippen LogP contribution is 2.34. The summed E-state index contributed by atoms with van der Waals surface area (Å²) in [7, 11) is -3.53. The summed E-state index contributed by atoms with van der Waals surface area (Å²) >= 11 is 0. The average molecular weight is 299 g/mol. The van der Waals surface area contributed by atoms with Gasteiger partial charge in [-0.25, -0.2) is 8.42 Å². The maximum absolute atomic E-state index is 12.5. The average Bonchev–Trinajstić information content (AvgIpc) is 2.75. The summed E-state index contributed by atoms with van der Waals surface area (Å²) in [6.45, 7) is 3.88. The smallest absolute Gasteiger partial charge is 0.207 e. The van der Waals surface area contributed by atoms with E-state index < -0.39 is 10.0 Å². The Kier molecular flexibility index (Phi) is 3.43. The normalized spacial score (nSPS) is 17.4. The lowest BCUT2D eigenvalue weighted by molar-refractivity contribution is 0.572. The number of sulfonamides is 1. The van der Waals surface area contributed by atoms with E-state index in [1.54, 1.807) is 24.3 Å². The summed E-state index contributed by atoms with van der Waals surface area (Å²) < 4.78 is 27.8. The Balaban J connectivity index is 1.93. The molecule has 2 aromatic carbocycles. The third kappa shape index (κ3) is 2.64. The first-order valence-corrected chi connectivity index (χ1v) is 8.32. The molecule has 0 aromatic heterocycles. The van der Waals surface area contributed by atoms with Gasteiger partial charge in [0.25, 0.3) is 0 Å². The molecule has 0 aliphatic heterocycles. The highest BCUT2D eigenvalue weighted by atomic mass is 32.2. The fourth-order valence-electron chi connectivity index (χ4n) is 2.58. The van der Waals surface area contributed by atoms with Crippen LogP contribution in [0.2, 0.25) is 0 Å². The molecule has 3 rings (SSSR count). The molecule has 2 aromatic rings. The van der Waals surface area contributed by atoms with Crippen LogP contribution in [0.15, 0.2) is 59.0 Å². The third-order valence-electron chi connectivity index (χ3n) is 3.75. The molecular formula is C17H17NO2S. The number of hydrogen-bond donors (Lipinski definition) is 1. The van der Waals surface area contributed by atoms with Crippen LogP contribution in [0.25, 0.3) is 6.08 Å². The summed E-state index contributed by atoms with van der Waals surface area (Å²) in [5.41, 5.74) is 4.13. The van der Waals surface area contributed by atoms with Crippen LogP contribution in [0, 0.1) is 6.92 Å². The van der Waals surface area contributed by atoms with Gasteiger partial charge in [0, 0.05) is 0 Å². The van der Waals surface area contributed by atoms with Crippen molar-refractivity contribution in [3.63, 3.8) is 0 Å². The second kappa shape index (κ2) is 5.13. The molecule has 4 heteroatoms. The molecule has 3 nitrogen and oxygen atoms in total. The van der Waals surface area contributed by atoms with Gasteiger partial charge < -0.3 is 0 Å². The summed E-state index contributed by atoms with van der Waals surface area (Å²) in [4.78, 5) is 0.297. The van der Waals surface area contributed by atoms with Crippen molar-refractivity contribution >= 4 is 16.1 Å². The zero-order chi connectivity index (χ0) is 15.0. The van der Waals surface area contributed by atoms with Crippen molar-refractivity contribution in [2.45, 2.75) is 24.8 Å². The molecule has 0 bridgehead atoms. The minimum atomic E-state index is -3.53. The van der Waals surface area contributed by atoms with E-state index in [4.69, 9.17) is 0 Å². The predicted octanol–water partition coefficient (Wildman–Crippen LogP) is 3.43. The van der Waals surface area contributed by atoms with Crippen LogP contribution in [0.4, 0.5) is 0 Å². The Morgan fingerprint density at radius 2 is 1.62 bits per heavy atom. The molecule has 0 radical (unpaired) electrons. The molecule has 0 spiro atoms. The van der Waals surface area contributed by atoms with Crippen molar-refractivity contribution < 1.29 is 8.42 Å². The van der Waals surface area contributed by atoms with Crippen LogP contribution < -0.4 is 4.72 Å². The molecule has 0 saturated carbocycles. The molecule has 21 heavy (non-hydrogen) atoms. The molecular weight excluding hydrogens is 282 g/mol. The van der Waals surface area contributed by atoms with Gasteiger partial charge in [0.1, 0.15) is 0 Å². The minimum absolute atomic E-state index is 0.285. The van der Waals surface area contributed by atoms with E-state index >= 15 is 0 Å². The van der Waals surface area contributed by atoms with Gasteiger partial charge in [0.15, 0.2) is 0 Å². The number of hydrogen-bond acceptors (Lipinski definition) is 2. The Morgan fingerprint density at radius 1 is 0.952 bits per heavy atom. The molecule has 0 fully saturated rings. The SMILES string of the molecule is CC1=Cc2ccccc2[C@H]1NS(=O)(=O)c1ccc(C)cc1. The van der Waals surface area contributed by atoms with Gasteiger partial charge in [-0.1, -0.05) is 53.6 Å². The lowest BCUT2D eigenvalue weighted by Gasteiger charge is -2.17. The number of aryl methyl sites for hydroxylation is 1. The largest absolute Gasteiger partial charge is 0.241 e. The molecule has 108 valence electrons. The second-order valence-electron chi connectivity index (χ2n) is 5.38. The van der Waals surface area contributed by atoms with Gasteiger partial charge in [-0.15, -0.1) is 0 Å². The third-order valence-corrected chi connectivity index (χ3v) is 5.19. The molecule has 0 heterocycles. The monoisotopic (exact) mass is 299 g/mol. The lowest BCUT2D eigenvalue weighted by atomic mass is 10.1. The Hall–Kier alpha value is -1.91. The van der Waals surface area contributed by atoms with Gasteiger partial charge in [-0.3, -0.25) is 0 Å². The summed E-state index contributed by atoms with van der Waals surface area (Å²) in [6.07, 6.45) is 2.03. The molecule has 0 saturated heterocycles. The van der Waals surface area contributed by atoms with E-state index in [2.05, 4.69) is 4.72 Å². The van der Waals surface area contributed by atoms with E-state index in [1.165, 1.54) is 0 Å². The number of nitrogens with one attached hydrogen (secondary N) is 1. The predicted molar refractivity (Wildman–Crippen MR) is 84.3 cm³/mol. The zero-order valence-electron chi connectivity index (χ0n) is 12.0. The molecule has 0 amide bonds. The van der Waals surface area contributed by atoms with E-state index in [0.29, 0.717) is 4.90 Å². The topological polar surface area (TPSA) is 46.2 Å². The fraction of sp³-hybridized carbons (Fsp3) is 0.176. The highest BCUT2D eigenvalue weighted by molar-refractivity contribution is 7.89. The van der Waals surface area contributed by atoms with Crippen LogP contribution >= 0.6 is 0 Å². The Labute approximate surface area is 125 Å². The van der Waals surface area contributed by atoms with Gasteiger partial charge in [-0.2, -0.15) is 4.72 Å². The van der Waals surface area contributed by atoms with Crippen molar-refractivity contribution in [1.29, 1.82) is 0 Å². The maximum Gasteiger partial charge on any atom is 0.241 e. The van der Waals surface area contributed by atoms with Crippen molar-refractivity contribution in [3.05, 3.63) is 70.8 Å². The number of fused-ring (bicyclic) bond motifs is 1. The van der Waals surface area contributed by atoms with Crippen LogP contribution in [-0.4, -0.2) is 8.42 Å². The van der Waals surface area contributed by atoms with Crippen molar-refractivity contribution in [2.75, 3.05) is 0 Å². The molecule has 1 atom stereocenters. The van der Waals surface area contributed by atoms with Crippen LogP contribution in [-0.2, 0) is 10.0 Å². The van der Waals surface area contributed by atoms with Gasteiger partial charge in [0.05, 0.1) is 10.9 Å². The first kappa shape index (κ1) is 14.0. The Bertz CT molecular complexity index is 805. The first-order valence-electron chi connectivity index (χ1n) is 6.83. The highest BCUT2D eigenvalue weighted by Gasteiger charge is 2.27. The quantitative estimate of drug-likeness (QED) is 0.943. The van der Waals surface area contributed by atoms with Crippen LogP contribution in [0.5, 0.6) is 0 Å². The van der Waals surface area contributed by atoms with Crippen molar-refractivity contribution in [1.82, 2.24) is 4.72 Å². The van der Waals surface area contributed by atoms with E-state index in [1.807, 2.05) is 44.2 Å². The Morgan fingerprint density at radius 3 is 2.33 bits per heavy atom. The molecule has 1 aliphatic rings. The fourth-order valence-corrected chi connectivity index (χ4v) is 3.83. The van der Waals surface area contributed by atoms with Gasteiger partial charge in [0.2, 0.25) is 10.0 Å². The lowest BCUT2D eigenvalue weighted by Crippen LogP contribution is -2.28. The van der Waals surface area contributed by atoms with Gasteiger partial charge in [-0.05, 0) is 37.1 Å². The molecule has 0 unspecified atom stereocenters. The summed E-state index contributed by atoms with van der Waals surface area (Å²) in [5.74, 6) is 0. The minimum Gasteiger partial charge on any atom is -0.207 e. The summed E-state index contributed by atoms with van der Waals surface area (Å²) in [6, 6.07) is 14.4. The zero-order valence-corrected chi connectivity index (χ0v) is 12.8. The van der Waals surface area contributed by atoms with Crippen LogP contribution in [0.1, 0.15) is 29.7 Å². The van der Waals surface area contributed by atoms with Crippen LogP contribution in [0.3, 0.4) is 0 Å². The molecule has 1 aliphatic carbocycles. The van der Waals surface area contributed by atoms with Gasteiger partial charge >= 0.3 is 0 Å². The maximum atomic E-state index is 12.5. The molecule has 1 N–H and O–H groups in total.